The fraction of sp³-hybridized carbons (Fsp3) is 0.125. The van der Waals surface area contributed by atoms with Crippen LogP contribution in [0.1, 0.15) is 5.56 Å². The average Bonchev–Trinajstić information content (AvgIpc) is 2.04. The molecule has 12 heavy (non-hydrogen) atoms. The molecule has 0 fully saturated rings. The predicted molar refractivity (Wildman–Crippen MR) is 57.1 cm³/mol. The minimum atomic E-state index is 0.430. The summed E-state index contributed by atoms with van der Waals surface area (Å²) in [6.45, 7) is 0. The van der Waals surface area contributed by atoms with Crippen molar-refractivity contribution in [3.63, 3.8) is 0 Å². The zero-order valence-electron chi connectivity index (χ0n) is 6.10. The zero-order chi connectivity index (χ0) is 8.97. The Morgan fingerprint density at radius 2 is 2.25 bits per heavy atom. The second-order valence-electron chi connectivity index (χ2n) is 2.05. The molecule has 0 N–H and O–H groups in total. The van der Waals surface area contributed by atoms with E-state index in [2.05, 4.69) is 20.9 Å². The van der Waals surface area contributed by atoms with Gasteiger partial charge in [0.2, 0.25) is 0 Å². The minimum Gasteiger partial charge on any atom is -0.244 e. The van der Waals surface area contributed by atoms with Crippen LogP contribution in [0.5, 0.6) is 0 Å². The lowest BCUT2D eigenvalue weighted by Crippen LogP contribution is -1.81. The van der Waals surface area contributed by atoms with Gasteiger partial charge in [0.1, 0.15) is 5.15 Å². The number of pyridine rings is 1. The van der Waals surface area contributed by atoms with Crippen molar-refractivity contribution in [2.24, 2.45) is 0 Å². The standard InChI is InChI=1S/C8H6BrCl2N/c9-4-1-2-6-7(10)3-5-12-8(6)11/h1-3,5H,4H2. The smallest absolute Gasteiger partial charge is 0.137 e. The molecule has 0 spiro atoms. The predicted octanol–water partition coefficient (Wildman–Crippen LogP) is 3.80. The van der Waals surface area contributed by atoms with E-state index >= 15 is 0 Å². The third kappa shape index (κ3) is 2.47. The maximum Gasteiger partial charge on any atom is 0.137 e. The van der Waals surface area contributed by atoms with E-state index in [1.165, 1.54) is 0 Å². The summed E-state index contributed by atoms with van der Waals surface area (Å²) in [7, 11) is 0. The fourth-order valence-corrected chi connectivity index (χ4v) is 1.40. The molecule has 0 atom stereocenters. The molecule has 0 bridgehead atoms. The summed E-state index contributed by atoms with van der Waals surface area (Å²) in [6, 6.07) is 1.71. The lowest BCUT2D eigenvalue weighted by atomic mass is 10.2. The maximum absolute atomic E-state index is 5.87. The van der Waals surface area contributed by atoms with Gasteiger partial charge in [-0.15, -0.1) is 0 Å². The number of hydrogen-bond acceptors (Lipinski definition) is 1. The Morgan fingerprint density at radius 1 is 1.50 bits per heavy atom. The largest absolute Gasteiger partial charge is 0.244 e. The number of hydrogen-bond donors (Lipinski definition) is 0. The van der Waals surface area contributed by atoms with Gasteiger partial charge in [0.05, 0.1) is 5.02 Å². The van der Waals surface area contributed by atoms with Crippen LogP contribution in [0.3, 0.4) is 0 Å². The van der Waals surface area contributed by atoms with Crippen molar-refractivity contribution < 1.29 is 0 Å². The first kappa shape index (κ1) is 10.0. The first-order valence-corrected chi connectivity index (χ1v) is 5.16. The summed E-state index contributed by atoms with van der Waals surface area (Å²) in [5.74, 6) is 0. The molecule has 0 unspecified atom stereocenters. The second-order valence-corrected chi connectivity index (χ2v) is 3.47. The highest BCUT2D eigenvalue weighted by Crippen LogP contribution is 2.23. The average molecular weight is 267 g/mol. The lowest BCUT2D eigenvalue weighted by Gasteiger charge is -1.98. The summed E-state index contributed by atoms with van der Waals surface area (Å²) < 4.78 is 0. The van der Waals surface area contributed by atoms with Crippen molar-refractivity contribution in [1.82, 2.24) is 4.98 Å². The van der Waals surface area contributed by atoms with Crippen molar-refractivity contribution in [2.45, 2.75) is 0 Å². The Labute approximate surface area is 89.5 Å². The number of halogens is 3. The van der Waals surface area contributed by atoms with Crippen LogP contribution in [0.15, 0.2) is 18.3 Å². The number of alkyl halides is 1. The van der Waals surface area contributed by atoms with Crippen molar-refractivity contribution in [2.75, 3.05) is 5.33 Å². The summed E-state index contributed by atoms with van der Waals surface area (Å²) in [4.78, 5) is 3.91. The van der Waals surface area contributed by atoms with Gasteiger partial charge < -0.3 is 0 Å². The van der Waals surface area contributed by atoms with Crippen LogP contribution in [0.25, 0.3) is 6.08 Å². The number of allylic oxidation sites excluding steroid dienone is 1. The Kier molecular flexibility index (Phi) is 4.06. The molecule has 0 aliphatic heterocycles. The third-order valence-electron chi connectivity index (χ3n) is 1.26. The van der Waals surface area contributed by atoms with Gasteiger partial charge in [0.25, 0.3) is 0 Å². The fourth-order valence-electron chi connectivity index (χ4n) is 0.737. The maximum atomic E-state index is 5.87. The highest BCUT2D eigenvalue weighted by molar-refractivity contribution is 9.09. The Morgan fingerprint density at radius 3 is 2.83 bits per heavy atom. The molecular weight excluding hydrogens is 261 g/mol. The summed E-state index contributed by atoms with van der Waals surface area (Å²) in [5, 5.41) is 1.82. The molecule has 1 nitrogen and oxygen atoms in total. The topological polar surface area (TPSA) is 12.9 Å². The van der Waals surface area contributed by atoms with Gasteiger partial charge in [-0.05, 0) is 6.07 Å². The Balaban J connectivity index is 3.04. The molecule has 64 valence electrons. The molecule has 0 saturated heterocycles. The van der Waals surface area contributed by atoms with Gasteiger partial charge >= 0.3 is 0 Å². The van der Waals surface area contributed by atoms with E-state index in [1.807, 2.05) is 12.2 Å². The van der Waals surface area contributed by atoms with E-state index in [-0.39, 0.29) is 0 Å². The Bertz CT molecular complexity index is 279. The van der Waals surface area contributed by atoms with Crippen molar-refractivity contribution in [3.05, 3.63) is 34.1 Å². The SMILES string of the molecule is Clc1ccnc(Cl)c1C=CCBr. The highest BCUT2D eigenvalue weighted by Gasteiger charge is 2.01. The quantitative estimate of drug-likeness (QED) is 0.586. The van der Waals surface area contributed by atoms with Crippen LogP contribution in [0.4, 0.5) is 0 Å². The zero-order valence-corrected chi connectivity index (χ0v) is 9.20. The monoisotopic (exact) mass is 265 g/mol. The van der Waals surface area contributed by atoms with E-state index in [9.17, 15) is 0 Å². The van der Waals surface area contributed by atoms with Crippen LogP contribution < -0.4 is 0 Å². The molecule has 0 aliphatic carbocycles. The lowest BCUT2D eigenvalue weighted by molar-refractivity contribution is 1.32. The normalized spacial score (nSPS) is 10.9. The molecule has 0 radical (unpaired) electrons. The van der Waals surface area contributed by atoms with E-state index in [1.54, 1.807) is 12.3 Å². The molecule has 0 aromatic carbocycles. The number of aromatic nitrogens is 1. The van der Waals surface area contributed by atoms with Crippen LogP contribution >= 0.6 is 39.1 Å². The van der Waals surface area contributed by atoms with Crippen LogP contribution in [0.2, 0.25) is 10.2 Å². The second kappa shape index (κ2) is 4.85. The van der Waals surface area contributed by atoms with E-state index in [0.29, 0.717) is 10.2 Å². The van der Waals surface area contributed by atoms with Crippen molar-refractivity contribution in [1.29, 1.82) is 0 Å². The molecule has 0 aliphatic rings. The summed E-state index contributed by atoms with van der Waals surface area (Å²) in [5.41, 5.74) is 0.764. The molecular formula is C8H6BrCl2N. The van der Waals surface area contributed by atoms with Gasteiger partial charge in [-0.25, -0.2) is 4.98 Å². The van der Waals surface area contributed by atoms with Gasteiger partial charge in [0.15, 0.2) is 0 Å². The summed E-state index contributed by atoms with van der Waals surface area (Å²) >= 11 is 14.9. The van der Waals surface area contributed by atoms with Crippen molar-refractivity contribution >= 4 is 45.2 Å². The van der Waals surface area contributed by atoms with E-state index in [4.69, 9.17) is 23.2 Å². The molecule has 1 aromatic rings. The minimum absolute atomic E-state index is 0.430. The van der Waals surface area contributed by atoms with Crippen molar-refractivity contribution in [3.8, 4) is 0 Å². The number of rotatable bonds is 2. The van der Waals surface area contributed by atoms with Gasteiger partial charge in [-0.1, -0.05) is 51.3 Å². The van der Waals surface area contributed by atoms with Gasteiger partial charge in [-0.2, -0.15) is 0 Å². The first-order valence-electron chi connectivity index (χ1n) is 3.28. The highest BCUT2D eigenvalue weighted by atomic mass is 79.9. The molecule has 0 saturated carbocycles. The third-order valence-corrected chi connectivity index (χ3v) is 2.27. The van der Waals surface area contributed by atoms with Gasteiger partial charge in [-0.3, -0.25) is 0 Å². The van der Waals surface area contributed by atoms with Crippen LogP contribution in [0, 0.1) is 0 Å². The van der Waals surface area contributed by atoms with Crippen LogP contribution in [-0.4, -0.2) is 10.3 Å². The number of nitrogens with zero attached hydrogens (tertiary/aromatic N) is 1. The first-order chi connectivity index (χ1) is 5.75. The molecule has 1 rings (SSSR count). The van der Waals surface area contributed by atoms with E-state index < -0.39 is 0 Å². The Hall–Kier alpha value is -0.0500. The summed E-state index contributed by atoms with van der Waals surface area (Å²) in [6.07, 6.45) is 5.33. The molecule has 0 amide bonds. The van der Waals surface area contributed by atoms with Crippen LogP contribution in [-0.2, 0) is 0 Å². The van der Waals surface area contributed by atoms with Gasteiger partial charge in [0, 0.05) is 17.1 Å². The molecule has 1 heterocycles. The molecule has 1 aromatic heterocycles. The molecule has 4 heteroatoms. The van der Waals surface area contributed by atoms with E-state index in [0.717, 1.165) is 10.9 Å².